The molecule has 1 aromatic heterocycles. The van der Waals surface area contributed by atoms with Gasteiger partial charge in [-0.05, 0) is 37.2 Å². The van der Waals surface area contributed by atoms with E-state index >= 15 is 0 Å². The Morgan fingerprint density at radius 2 is 1.48 bits per heavy atom. The predicted molar refractivity (Wildman–Crippen MR) is 123 cm³/mol. The molecule has 0 saturated carbocycles. The van der Waals surface area contributed by atoms with Gasteiger partial charge in [0.25, 0.3) is 0 Å². The van der Waals surface area contributed by atoms with Crippen molar-refractivity contribution in [1.29, 1.82) is 0 Å². The summed E-state index contributed by atoms with van der Waals surface area (Å²) in [4.78, 5) is 18.2. The molecule has 0 bridgehead atoms. The number of carbonyl (C=O) groups is 1. The third-order valence-corrected chi connectivity index (χ3v) is 6.07. The molecule has 1 N–H and O–H groups in total. The number of aryl methyl sites for hydroxylation is 1. The van der Waals surface area contributed by atoms with E-state index in [-0.39, 0.29) is 17.9 Å². The Labute approximate surface area is 184 Å². The van der Waals surface area contributed by atoms with Crippen LogP contribution in [0.3, 0.4) is 0 Å². The molecule has 0 spiro atoms. The van der Waals surface area contributed by atoms with Gasteiger partial charge in [0.15, 0.2) is 0 Å². The third kappa shape index (κ3) is 5.24. The van der Waals surface area contributed by atoms with Gasteiger partial charge in [0.05, 0.1) is 12.0 Å². The number of benzene rings is 2. The van der Waals surface area contributed by atoms with Gasteiger partial charge in [-0.25, -0.2) is 0 Å². The highest BCUT2D eigenvalue weighted by molar-refractivity contribution is 5.87. The van der Waals surface area contributed by atoms with E-state index in [9.17, 15) is 4.79 Å². The first kappa shape index (κ1) is 21.3. The third-order valence-electron chi connectivity index (χ3n) is 6.07. The van der Waals surface area contributed by atoms with Crippen molar-refractivity contribution >= 4 is 5.91 Å². The summed E-state index contributed by atoms with van der Waals surface area (Å²) in [6, 6.07) is 24.0. The van der Waals surface area contributed by atoms with E-state index in [1.807, 2.05) is 79.7 Å². The van der Waals surface area contributed by atoms with E-state index in [4.69, 9.17) is 4.42 Å². The topological polar surface area (TPSA) is 48.7 Å². The van der Waals surface area contributed by atoms with Crippen molar-refractivity contribution in [2.24, 2.45) is 0 Å². The van der Waals surface area contributed by atoms with Crippen molar-refractivity contribution in [3.05, 3.63) is 95.4 Å². The molecule has 5 nitrogen and oxygen atoms in total. The summed E-state index contributed by atoms with van der Waals surface area (Å²) in [6.45, 7) is 6.42. The molecule has 1 aliphatic rings. The monoisotopic (exact) mass is 417 g/mol. The van der Waals surface area contributed by atoms with Crippen molar-refractivity contribution < 1.29 is 9.21 Å². The van der Waals surface area contributed by atoms with E-state index in [0.717, 1.165) is 48.8 Å². The van der Waals surface area contributed by atoms with Crippen molar-refractivity contribution in [1.82, 2.24) is 15.1 Å². The Kier molecular flexibility index (Phi) is 6.85. The lowest BCUT2D eigenvalue weighted by Gasteiger charge is -2.37. The molecule has 1 amide bonds. The standard InChI is InChI=1S/C26H31N3O2/c1-20-13-14-24(31-20)23(29-17-15-28(2)16-18-29)19-27-26(30)25(21-9-5-3-6-10-21)22-11-7-4-8-12-22/h3-14,23,25H,15-19H2,1-2H3,(H,27,30). The first-order valence-electron chi connectivity index (χ1n) is 11.0. The smallest absolute Gasteiger partial charge is 0.232 e. The molecule has 2 heterocycles. The maximum absolute atomic E-state index is 13.5. The minimum absolute atomic E-state index is 0.0137. The van der Waals surface area contributed by atoms with Crippen LogP contribution in [0, 0.1) is 6.92 Å². The number of nitrogens with one attached hydrogen (secondary N) is 1. The number of furan rings is 1. The first-order chi connectivity index (χ1) is 15.1. The van der Waals surface area contributed by atoms with Gasteiger partial charge in [0.2, 0.25) is 5.91 Å². The summed E-state index contributed by atoms with van der Waals surface area (Å²) >= 11 is 0. The second-order valence-corrected chi connectivity index (χ2v) is 8.30. The highest BCUT2D eigenvalue weighted by atomic mass is 16.3. The quantitative estimate of drug-likeness (QED) is 0.635. The average Bonchev–Trinajstić information content (AvgIpc) is 3.23. The molecule has 162 valence electrons. The zero-order chi connectivity index (χ0) is 21.6. The van der Waals surface area contributed by atoms with Crippen LogP contribution in [0.25, 0.3) is 0 Å². The minimum Gasteiger partial charge on any atom is -0.465 e. The number of likely N-dealkylation sites (N-methyl/N-ethyl adjacent to an activating group) is 1. The fourth-order valence-electron chi connectivity index (χ4n) is 4.26. The number of hydrogen-bond acceptors (Lipinski definition) is 4. The summed E-state index contributed by atoms with van der Waals surface area (Å²) in [5.41, 5.74) is 1.99. The van der Waals surface area contributed by atoms with Crippen LogP contribution in [0.2, 0.25) is 0 Å². The number of carbonyl (C=O) groups excluding carboxylic acids is 1. The van der Waals surface area contributed by atoms with Crippen LogP contribution in [0.15, 0.2) is 77.2 Å². The molecule has 2 aromatic carbocycles. The summed E-state index contributed by atoms with van der Waals surface area (Å²) < 4.78 is 5.98. The molecule has 31 heavy (non-hydrogen) atoms. The van der Waals surface area contributed by atoms with Crippen LogP contribution in [0.4, 0.5) is 0 Å². The van der Waals surface area contributed by atoms with Gasteiger partial charge in [0, 0.05) is 32.7 Å². The highest BCUT2D eigenvalue weighted by Gasteiger charge is 2.29. The van der Waals surface area contributed by atoms with Gasteiger partial charge >= 0.3 is 0 Å². The van der Waals surface area contributed by atoms with E-state index < -0.39 is 0 Å². The van der Waals surface area contributed by atoms with Crippen LogP contribution < -0.4 is 5.32 Å². The zero-order valence-corrected chi connectivity index (χ0v) is 18.3. The second-order valence-electron chi connectivity index (χ2n) is 8.30. The molecule has 5 heteroatoms. The summed E-state index contributed by atoms with van der Waals surface area (Å²) in [5, 5.41) is 3.24. The largest absolute Gasteiger partial charge is 0.465 e. The molecule has 1 atom stereocenters. The molecule has 1 unspecified atom stereocenters. The molecule has 0 aliphatic carbocycles. The number of rotatable bonds is 7. The maximum atomic E-state index is 13.5. The summed E-state index contributed by atoms with van der Waals surface area (Å²) in [5.74, 6) is 1.49. The SMILES string of the molecule is Cc1ccc(C(CNC(=O)C(c2ccccc2)c2ccccc2)N2CCN(C)CC2)o1. The number of piperazine rings is 1. The molecular weight excluding hydrogens is 386 g/mol. The summed E-state index contributed by atoms with van der Waals surface area (Å²) in [7, 11) is 2.15. The van der Waals surface area contributed by atoms with E-state index in [1.165, 1.54) is 0 Å². The van der Waals surface area contributed by atoms with Crippen molar-refractivity contribution in [3.8, 4) is 0 Å². The number of hydrogen-bond donors (Lipinski definition) is 1. The molecular formula is C26H31N3O2. The average molecular weight is 418 g/mol. The van der Waals surface area contributed by atoms with Gasteiger partial charge in [-0.2, -0.15) is 0 Å². The van der Waals surface area contributed by atoms with Gasteiger partial charge in [-0.15, -0.1) is 0 Å². The molecule has 1 fully saturated rings. The number of nitrogens with zero attached hydrogens (tertiary/aromatic N) is 2. The van der Waals surface area contributed by atoms with Crippen molar-refractivity contribution in [2.45, 2.75) is 18.9 Å². The van der Waals surface area contributed by atoms with Gasteiger partial charge in [-0.3, -0.25) is 9.69 Å². The Morgan fingerprint density at radius 1 is 0.903 bits per heavy atom. The lowest BCUT2D eigenvalue weighted by atomic mass is 9.90. The van der Waals surface area contributed by atoms with Gasteiger partial charge in [-0.1, -0.05) is 60.7 Å². The lowest BCUT2D eigenvalue weighted by molar-refractivity contribution is -0.122. The molecule has 3 aromatic rings. The van der Waals surface area contributed by atoms with Crippen LogP contribution in [-0.4, -0.2) is 55.5 Å². The van der Waals surface area contributed by atoms with Crippen LogP contribution >= 0.6 is 0 Å². The normalized spacial score (nSPS) is 16.4. The lowest BCUT2D eigenvalue weighted by Crippen LogP contribution is -2.48. The Hall–Kier alpha value is -2.89. The van der Waals surface area contributed by atoms with Crippen LogP contribution in [0.5, 0.6) is 0 Å². The minimum atomic E-state index is -0.339. The van der Waals surface area contributed by atoms with E-state index in [0.29, 0.717) is 6.54 Å². The van der Waals surface area contributed by atoms with Crippen LogP contribution in [-0.2, 0) is 4.79 Å². The van der Waals surface area contributed by atoms with E-state index in [1.54, 1.807) is 0 Å². The zero-order valence-electron chi connectivity index (χ0n) is 18.3. The van der Waals surface area contributed by atoms with Gasteiger partial charge < -0.3 is 14.6 Å². The molecule has 4 rings (SSSR count). The molecule has 1 saturated heterocycles. The first-order valence-corrected chi connectivity index (χ1v) is 11.0. The Bertz CT molecular complexity index is 923. The fourth-order valence-corrected chi connectivity index (χ4v) is 4.26. The van der Waals surface area contributed by atoms with E-state index in [2.05, 4.69) is 22.2 Å². The fraction of sp³-hybridized carbons (Fsp3) is 0.346. The predicted octanol–water partition coefficient (Wildman–Crippen LogP) is 3.82. The van der Waals surface area contributed by atoms with Crippen LogP contribution in [0.1, 0.15) is 34.6 Å². The second kappa shape index (κ2) is 9.94. The van der Waals surface area contributed by atoms with Gasteiger partial charge in [0.1, 0.15) is 11.5 Å². The number of amides is 1. The van der Waals surface area contributed by atoms with Crippen molar-refractivity contribution in [2.75, 3.05) is 39.8 Å². The Morgan fingerprint density at radius 3 is 2.00 bits per heavy atom. The van der Waals surface area contributed by atoms with Crippen molar-refractivity contribution in [3.63, 3.8) is 0 Å². The summed E-state index contributed by atoms with van der Waals surface area (Å²) in [6.07, 6.45) is 0. The molecule has 1 aliphatic heterocycles. The molecule has 0 radical (unpaired) electrons. The maximum Gasteiger partial charge on any atom is 0.232 e. The Balaban J connectivity index is 1.54. The highest BCUT2D eigenvalue weighted by Crippen LogP contribution is 2.27.